The number of rotatable bonds is 0. The van der Waals surface area contributed by atoms with E-state index in [9.17, 15) is 0 Å². The fraction of sp³-hybridized carbons (Fsp3) is 0. The molecule has 4 rings (SSSR count). The number of benzene rings is 2. The summed E-state index contributed by atoms with van der Waals surface area (Å²) < 4.78 is 0. The van der Waals surface area contributed by atoms with Gasteiger partial charge in [-0.3, -0.25) is 10.2 Å². The van der Waals surface area contributed by atoms with Crippen molar-refractivity contribution in [3.05, 3.63) is 60.9 Å². The molecule has 0 saturated heterocycles. The molecule has 0 aliphatic carbocycles. The Labute approximate surface area is 123 Å². The first-order valence-corrected chi connectivity index (χ1v) is 5.70. The van der Waals surface area contributed by atoms with E-state index in [0.717, 1.165) is 21.8 Å². The molecular weight excluding hydrogens is 290 g/mol. The van der Waals surface area contributed by atoms with Crippen LogP contribution >= 0.6 is 0 Å². The summed E-state index contributed by atoms with van der Waals surface area (Å²) >= 11 is 0. The second kappa shape index (κ2) is 6.25. The van der Waals surface area contributed by atoms with Gasteiger partial charge in [-0.1, -0.05) is 36.4 Å². The molecule has 0 radical (unpaired) electrons. The van der Waals surface area contributed by atoms with E-state index in [1.807, 2.05) is 60.9 Å². The summed E-state index contributed by atoms with van der Waals surface area (Å²) in [6.07, 6.45) is 3.63. The third-order valence-electron chi connectivity index (χ3n) is 2.70. The average Bonchev–Trinajstić information content (AvgIpc) is 3.08. The first-order chi connectivity index (χ1) is 8.93. The molecule has 2 heterocycles. The van der Waals surface area contributed by atoms with Crippen LogP contribution in [0, 0.1) is 0 Å². The molecule has 0 unspecified atom stereocenters. The van der Waals surface area contributed by atoms with Crippen LogP contribution in [0.25, 0.3) is 21.8 Å². The number of aromatic amines is 2. The number of aromatic nitrogens is 4. The summed E-state index contributed by atoms with van der Waals surface area (Å²) in [5.41, 5.74) is 2.19. The van der Waals surface area contributed by atoms with E-state index in [1.165, 1.54) is 0 Å². The first kappa shape index (κ1) is 13.4. The van der Waals surface area contributed by atoms with Crippen molar-refractivity contribution < 1.29 is 19.5 Å². The van der Waals surface area contributed by atoms with Crippen LogP contribution in [0.15, 0.2) is 60.9 Å². The summed E-state index contributed by atoms with van der Waals surface area (Å²) in [6, 6.07) is 16.0. The molecule has 90 valence electrons. The van der Waals surface area contributed by atoms with Gasteiger partial charge >= 0.3 is 0 Å². The average molecular weight is 302 g/mol. The van der Waals surface area contributed by atoms with Gasteiger partial charge in [0.25, 0.3) is 0 Å². The third kappa shape index (κ3) is 3.06. The van der Waals surface area contributed by atoms with Crippen LogP contribution in [0.1, 0.15) is 0 Å². The Morgan fingerprint density at radius 1 is 0.632 bits per heavy atom. The van der Waals surface area contributed by atoms with E-state index in [4.69, 9.17) is 0 Å². The van der Waals surface area contributed by atoms with Crippen molar-refractivity contribution in [2.75, 3.05) is 0 Å². The first-order valence-electron chi connectivity index (χ1n) is 5.70. The Morgan fingerprint density at radius 2 is 1.05 bits per heavy atom. The van der Waals surface area contributed by atoms with Gasteiger partial charge in [0.1, 0.15) is 0 Å². The zero-order valence-corrected chi connectivity index (χ0v) is 13.3. The normalized spacial score (nSPS) is 9.68. The van der Waals surface area contributed by atoms with Crippen molar-refractivity contribution in [2.24, 2.45) is 0 Å². The number of nitrogens with one attached hydrogen (secondary N) is 2. The molecule has 0 atom stereocenters. The second-order valence-corrected chi connectivity index (χ2v) is 3.91. The molecule has 2 aromatic carbocycles. The predicted octanol–water partition coefficient (Wildman–Crippen LogP) is 3.12. The fourth-order valence-corrected chi connectivity index (χ4v) is 1.77. The second-order valence-electron chi connectivity index (χ2n) is 3.91. The minimum absolute atomic E-state index is 0. The van der Waals surface area contributed by atoms with Crippen LogP contribution in [0.3, 0.4) is 0 Å². The standard InChI is InChI=1S/2C7H6N2.Zn/c2*1-2-4-7-6(3-1)5-8-9-7;/h2*1-5H,(H,8,9);. The van der Waals surface area contributed by atoms with Crippen LogP contribution in [0.5, 0.6) is 0 Å². The van der Waals surface area contributed by atoms with Gasteiger partial charge in [-0.15, -0.1) is 0 Å². The van der Waals surface area contributed by atoms with E-state index in [-0.39, 0.29) is 19.5 Å². The number of nitrogens with zero attached hydrogens (tertiary/aromatic N) is 2. The van der Waals surface area contributed by atoms with Crippen LogP contribution in [-0.2, 0) is 19.5 Å². The van der Waals surface area contributed by atoms with Crippen molar-refractivity contribution in [3.63, 3.8) is 0 Å². The fourth-order valence-electron chi connectivity index (χ4n) is 1.77. The molecule has 0 spiro atoms. The van der Waals surface area contributed by atoms with Crippen molar-refractivity contribution in [1.29, 1.82) is 0 Å². The molecule has 2 aromatic heterocycles. The van der Waals surface area contributed by atoms with Gasteiger partial charge in [0.2, 0.25) is 0 Å². The topological polar surface area (TPSA) is 57.4 Å². The zero-order valence-electron chi connectivity index (χ0n) is 10.4. The van der Waals surface area contributed by atoms with E-state index in [1.54, 1.807) is 0 Å². The Morgan fingerprint density at radius 3 is 1.47 bits per heavy atom. The number of hydrogen-bond donors (Lipinski definition) is 2. The molecule has 0 amide bonds. The molecular formula is C14H12N4Zn. The summed E-state index contributed by atoms with van der Waals surface area (Å²) in [6.45, 7) is 0. The van der Waals surface area contributed by atoms with Gasteiger partial charge in [0, 0.05) is 30.3 Å². The Kier molecular flexibility index (Phi) is 4.42. The van der Waals surface area contributed by atoms with Crippen molar-refractivity contribution in [2.45, 2.75) is 0 Å². The zero-order chi connectivity index (χ0) is 12.2. The van der Waals surface area contributed by atoms with Gasteiger partial charge in [-0.2, -0.15) is 10.2 Å². The summed E-state index contributed by atoms with van der Waals surface area (Å²) in [7, 11) is 0. The quantitative estimate of drug-likeness (QED) is 0.490. The Bertz CT molecular complexity index is 633. The van der Waals surface area contributed by atoms with Gasteiger partial charge in [-0.25, -0.2) is 0 Å². The minimum Gasteiger partial charge on any atom is -0.278 e. The summed E-state index contributed by atoms with van der Waals surface area (Å²) in [4.78, 5) is 0. The minimum atomic E-state index is 0. The maximum atomic E-state index is 3.88. The van der Waals surface area contributed by atoms with Crippen LogP contribution in [-0.4, -0.2) is 20.4 Å². The number of H-pyrrole nitrogens is 2. The molecule has 0 bridgehead atoms. The third-order valence-corrected chi connectivity index (χ3v) is 2.70. The van der Waals surface area contributed by atoms with Crippen LogP contribution < -0.4 is 0 Å². The molecule has 19 heavy (non-hydrogen) atoms. The van der Waals surface area contributed by atoms with Gasteiger partial charge in [-0.05, 0) is 12.1 Å². The molecule has 5 heteroatoms. The summed E-state index contributed by atoms with van der Waals surface area (Å²) in [5, 5.41) is 15.8. The predicted molar refractivity (Wildman–Crippen MR) is 72.2 cm³/mol. The largest absolute Gasteiger partial charge is 0.278 e. The van der Waals surface area contributed by atoms with Crippen molar-refractivity contribution in [3.8, 4) is 0 Å². The number of fused-ring (bicyclic) bond motifs is 2. The maximum absolute atomic E-state index is 3.88. The Balaban J connectivity index is 0.000000133. The van der Waals surface area contributed by atoms with Gasteiger partial charge in [0.05, 0.1) is 23.4 Å². The molecule has 0 saturated carbocycles. The molecule has 4 aromatic rings. The van der Waals surface area contributed by atoms with Crippen molar-refractivity contribution in [1.82, 2.24) is 20.4 Å². The molecule has 2 N–H and O–H groups in total. The van der Waals surface area contributed by atoms with Gasteiger partial charge < -0.3 is 0 Å². The van der Waals surface area contributed by atoms with E-state index in [0.29, 0.717) is 0 Å². The summed E-state index contributed by atoms with van der Waals surface area (Å²) in [5.74, 6) is 0. The van der Waals surface area contributed by atoms with E-state index in [2.05, 4.69) is 20.4 Å². The molecule has 0 aliphatic heterocycles. The van der Waals surface area contributed by atoms with E-state index < -0.39 is 0 Å². The number of para-hydroxylation sites is 2. The number of hydrogen-bond acceptors (Lipinski definition) is 2. The van der Waals surface area contributed by atoms with Crippen LogP contribution in [0.4, 0.5) is 0 Å². The molecule has 0 fully saturated rings. The Hall–Kier alpha value is -2.00. The van der Waals surface area contributed by atoms with Crippen molar-refractivity contribution >= 4 is 21.8 Å². The van der Waals surface area contributed by atoms with Gasteiger partial charge in [0.15, 0.2) is 0 Å². The molecule has 0 aliphatic rings. The smallest absolute Gasteiger partial charge is 0.0650 e. The molecule has 4 nitrogen and oxygen atoms in total. The maximum Gasteiger partial charge on any atom is 0.0650 e. The van der Waals surface area contributed by atoms with E-state index >= 15 is 0 Å². The van der Waals surface area contributed by atoms with Crippen LogP contribution in [0.2, 0.25) is 0 Å². The monoisotopic (exact) mass is 300 g/mol. The SMILES string of the molecule is [Zn].c1ccc2[nH]ncc2c1.c1ccc2[nH]ncc2c1.